The summed E-state index contributed by atoms with van der Waals surface area (Å²) in [4.78, 5) is 0. The Labute approximate surface area is 79.3 Å². The highest BCUT2D eigenvalue weighted by Crippen LogP contribution is 2.22. The number of sulfonamides is 1. The molecule has 2 aromatic rings. The van der Waals surface area contributed by atoms with Gasteiger partial charge in [-0.2, -0.15) is 0 Å². The van der Waals surface area contributed by atoms with Crippen LogP contribution in [0.1, 0.15) is 0 Å². The van der Waals surface area contributed by atoms with E-state index in [-0.39, 0.29) is 10.9 Å². The number of primary sulfonamides is 1. The van der Waals surface area contributed by atoms with Crippen LogP contribution >= 0.6 is 0 Å². The molecule has 0 unspecified atom stereocenters. The van der Waals surface area contributed by atoms with Gasteiger partial charge in [0.2, 0.25) is 10.9 Å². The number of rotatable bonds is 2. The molecule has 0 saturated carbocycles. The lowest BCUT2D eigenvalue weighted by Gasteiger charge is -1.90. The quantitative estimate of drug-likeness (QED) is 0.788. The average molecular weight is 214 g/mol. The third-order valence-corrected chi connectivity index (χ3v) is 2.32. The fraction of sp³-hybridized carbons (Fsp3) is 0. The van der Waals surface area contributed by atoms with Gasteiger partial charge in [0.15, 0.2) is 5.76 Å². The van der Waals surface area contributed by atoms with Crippen LogP contribution < -0.4 is 5.14 Å². The summed E-state index contributed by atoms with van der Waals surface area (Å²) >= 11 is 0. The predicted molar refractivity (Wildman–Crippen MR) is 45.6 cm³/mol. The minimum Gasteiger partial charge on any atom is -0.440 e. The van der Waals surface area contributed by atoms with Gasteiger partial charge < -0.3 is 8.94 Å². The molecule has 0 aromatic carbocycles. The molecule has 0 spiro atoms. The van der Waals surface area contributed by atoms with Crippen LogP contribution in [0.15, 0.2) is 38.4 Å². The van der Waals surface area contributed by atoms with Crippen LogP contribution in [0.3, 0.4) is 0 Å². The summed E-state index contributed by atoms with van der Waals surface area (Å²) in [6.07, 6.45) is 1.43. The van der Waals surface area contributed by atoms with Crippen molar-refractivity contribution >= 4 is 10.0 Å². The zero-order valence-corrected chi connectivity index (χ0v) is 7.69. The van der Waals surface area contributed by atoms with Crippen molar-refractivity contribution in [2.45, 2.75) is 5.09 Å². The lowest BCUT2D eigenvalue weighted by molar-refractivity contribution is 0.401. The molecule has 2 aromatic heterocycles. The van der Waals surface area contributed by atoms with Gasteiger partial charge >= 0.3 is 0 Å². The van der Waals surface area contributed by atoms with E-state index < -0.39 is 10.0 Å². The molecule has 0 amide bonds. The van der Waals surface area contributed by atoms with Crippen LogP contribution in [0.5, 0.6) is 0 Å². The van der Waals surface area contributed by atoms with Gasteiger partial charge in [-0.15, -0.1) is 0 Å². The molecule has 0 aliphatic carbocycles. The van der Waals surface area contributed by atoms with Crippen molar-refractivity contribution in [3.63, 3.8) is 0 Å². The van der Waals surface area contributed by atoms with Crippen LogP contribution in [0, 0.1) is 0 Å². The van der Waals surface area contributed by atoms with E-state index in [0.717, 1.165) is 0 Å². The smallest absolute Gasteiger partial charge is 0.271 e. The Bertz CT molecular complexity index is 526. The van der Waals surface area contributed by atoms with E-state index in [9.17, 15) is 8.42 Å². The molecule has 14 heavy (non-hydrogen) atoms. The summed E-state index contributed by atoms with van der Waals surface area (Å²) in [5.41, 5.74) is 0. The molecular formula is C7H6N2O4S. The largest absolute Gasteiger partial charge is 0.440 e. The monoisotopic (exact) mass is 214 g/mol. The number of hydrogen-bond donors (Lipinski definition) is 1. The van der Waals surface area contributed by atoms with Crippen molar-refractivity contribution in [2.24, 2.45) is 5.14 Å². The third-order valence-electron chi connectivity index (χ3n) is 1.54. The summed E-state index contributed by atoms with van der Waals surface area (Å²) in [5, 5.41) is 8.01. The van der Waals surface area contributed by atoms with Crippen LogP contribution in [0.4, 0.5) is 0 Å². The molecule has 74 valence electrons. The normalized spacial score (nSPS) is 11.8. The Morgan fingerprint density at radius 2 is 2.00 bits per heavy atom. The van der Waals surface area contributed by atoms with Crippen molar-refractivity contribution < 1.29 is 17.4 Å². The maximum Gasteiger partial charge on any atom is 0.271 e. The van der Waals surface area contributed by atoms with E-state index in [4.69, 9.17) is 14.1 Å². The van der Waals surface area contributed by atoms with E-state index in [1.165, 1.54) is 18.3 Å². The van der Waals surface area contributed by atoms with Crippen LogP contribution in [-0.2, 0) is 10.0 Å². The summed E-state index contributed by atoms with van der Waals surface area (Å²) < 4.78 is 31.4. The highest BCUT2D eigenvalue weighted by molar-refractivity contribution is 7.89. The standard InChI is InChI=1S/C7H6N2O4S/c8-14(10,11)7-2-1-5(12-7)6-3-4-9-13-6/h1-4H,(H2,8,10,11). The van der Waals surface area contributed by atoms with Crippen molar-refractivity contribution in [2.75, 3.05) is 0 Å². The minimum absolute atomic E-state index is 0.270. The van der Waals surface area contributed by atoms with Crippen molar-refractivity contribution in [3.05, 3.63) is 24.4 Å². The van der Waals surface area contributed by atoms with Crippen molar-refractivity contribution in [1.29, 1.82) is 0 Å². The average Bonchev–Trinajstić information content (AvgIpc) is 2.73. The number of nitrogens with two attached hydrogens (primary N) is 1. The number of furan rings is 1. The number of aromatic nitrogens is 1. The molecule has 0 aliphatic rings. The first kappa shape index (κ1) is 8.97. The van der Waals surface area contributed by atoms with Gasteiger partial charge in [-0.3, -0.25) is 0 Å². The molecule has 7 heteroatoms. The molecule has 6 nitrogen and oxygen atoms in total. The molecule has 0 saturated heterocycles. The van der Waals surface area contributed by atoms with E-state index in [1.807, 2.05) is 0 Å². The second kappa shape index (κ2) is 2.96. The maximum atomic E-state index is 10.9. The highest BCUT2D eigenvalue weighted by Gasteiger charge is 2.15. The molecule has 2 rings (SSSR count). The lowest BCUT2D eigenvalue weighted by Crippen LogP contribution is -2.10. The first-order chi connectivity index (χ1) is 6.57. The third kappa shape index (κ3) is 1.54. The van der Waals surface area contributed by atoms with Crippen LogP contribution in [0.2, 0.25) is 0 Å². The molecule has 0 aliphatic heterocycles. The van der Waals surface area contributed by atoms with Gasteiger partial charge in [-0.25, -0.2) is 13.6 Å². The summed E-state index contributed by atoms with van der Waals surface area (Å²) in [5.74, 6) is 0.617. The zero-order valence-electron chi connectivity index (χ0n) is 6.88. The van der Waals surface area contributed by atoms with E-state index in [2.05, 4.69) is 5.16 Å². The summed E-state index contributed by atoms with van der Waals surface area (Å²) in [6.45, 7) is 0. The molecule has 0 fully saturated rings. The number of nitrogens with zero attached hydrogens (tertiary/aromatic N) is 1. The van der Waals surface area contributed by atoms with Gasteiger partial charge in [-0.1, -0.05) is 5.16 Å². The number of hydrogen-bond acceptors (Lipinski definition) is 5. The molecule has 0 atom stereocenters. The predicted octanol–water partition coefficient (Wildman–Crippen LogP) is 0.582. The topological polar surface area (TPSA) is 99.3 Å². The second-order valence-corrected chi connectivity index (χ2v) is 4.03. The van der Waals surface area contributed by atoms with Gasteiger partial charge in [-0.05, 0) is 12.1 Å². The zero-order chi connectivity index (χ0) is 10.2. The second-order valence-electron chi connectivity index (χ2n) is 2.54. The molecule has 0 bridgehead atoms. The lowest BCUT2D eigenvalue weighted by atomic mass is 10.4. The van der Waals surface area contributed by atoms with Gasteiger partial charge in [0.1, 0.15) is 0 Å². The summed E-state index contributed by atoms with van der Waals surface area (Å²) in [6, 6.07) is 4.25. The molecule has 2 N–H and O–H groups in total. The first-order valence-corrected chi connectivity index (χ1v) is 5.16. The minimum atomic E-state index is -3.80. The van der Waals surface area contributed by atoms with E-state index >= 15 is 0 Å². The van der Waals surface area contributed by atoms with Gasteiger partial charge in [0, 0.05) is 6.07 Å². The van der Waals surface area contributed by atoms with Crippen molar-refractivity contribution in [1.82, 2.24) is 5.16 Å². The summed E-state index contributed by atoms with van der Waals surface area (Å²) in [7, 11) is -3.80. The molecule has 0 radical (unpaired) electrons. The fourth-order valence-corrected chi connectivity index (χ4v) is 1.41. The Morgan fingerprint density at radius 3 is 2.50 bits per heavy atom. The van der Waals surface area contributed by atoms with E-state index in [0.29, 0.717) is 5.76 Å². The molecular weight excluding hydrogens is 208 g/mol. The highest BCUT2D eigenvalue weighted by atomic mass is 32.2. The first-order valence-electron chi connectivity index (χ1n) is 3.61. The Kier molecular flexibility index (Phi) is 1.90. The van der Waals surface area contributed by atoms with Gasteiger partial charge in [0.25, 0.3) is 10.0 Å². The van der Waals surface area contributed by atoms with Crippen molar-refractivity contribution in [3.8, 4) is 11.5 Å². The fourth-order valence-electron chi connectivity index (χ4n) is 0.948. The SMILES string of the molecule is NS(=O)(=O)c1ccc(-c2ccno2)o1. The Morgan fingerprint density at radius 1 is 1.21 bits per heavy atom. The van der Waals surface area contributed by atoms with Crippen LogP contribution in [-0.4, -0.2) is 13.6 Å². The van der Waals surface area contributed by atoms with Gasteiger partial charge in [0.05, 0.1) is 6.20 Å². The van der Waals surface area contributed by atoms with Crippen LogP contribution in [0.25, 0.3) is 11.5 Å². The molecule has 2 heterocycles. The Hall–Kier alpha value is -1.60. The Balaban J connectivity index is 2.46. The van der Waals surface area contributed by atoms with E-state index in [1.54, 1.807) is 6.07 Å². The maximum absolute atomic E-state index is 10.9.